The van der Waals surface area contributed by atoms with Crippen molar-refractivity contribution in [3.63, 3.8) is 0 Å². The van der Waals surface area contributed by atoms with Crippen LogP contribution >= 0.6 is 0 Å². The Morgan fingerprint density at radius 3 is 2.84 bits per heavy atom. The van der Waals surface area contributed by atoms with Gasteiger partial charge in [0.2, 0.25) is 5.79 Å². The van der Waals surface area contributed by atoms with Crippen molar-refractivity contribution < 1.29 is 24.1 Å². The van der Waals surface area contributed by atoms with Crippen LogP contribution in [0.1, 0.15) is 39.0 Å². The highest BCUT2D eigenvalue weighted by molar-refractivity contribution is 5.78. The third-order valence-corrected chi connectivity index (χ3v) is 6.25. The number of rotatable bonds is 2. The van der Waals surface area contributed by atoms with Gasteiger partial charge in [-0.25, -0.2) is 0 Å². The first-order chi connectivity index (χ1) is 9.03. The Hall–Kier alpha value is -0.650. The topological polar surface area (TPSA) is 74.9 Å². The summed E-state index contributed by atoms with van der Waals surface area (Å²) in [6, 6.07) is 0. The van der Waals surface area contributed by atoms with E-state index in [0.717, 1.165) is 25.7 Å². The predicted octanol–water partition coefficient (Wildman–Crippen LogP) is 1.30. The number of epoxide rings is 3. The largest absolute Gasteiger partial charge is 0.481 e. The smallest absolute Gasteiger partial charge is 0.312 e. The average Bonchev–Trinajstić information content (AvgIpc) is 3.27. The molecule has 3 heterocycles. The first kappa shape index (κ1) is 11.1. The molecule has 5 fully saturated rings. The van der Waals surface area contributed by atoms with Crippen LogP contribution in [0, 0.1) is 11.3 Å². The molecule has 7 atom stereocenters. The lowest BCUT2D eigenvalue weighted by atomic mass is 9.59. The van der Waals surface area contributed by atoms with E-state index in [0.29, 0.717) is 18.6 Å². The van der Waals surface area contributed by atoms with Gasteiger partial charge in [-0.05, 0) is 44.9 Å². The van der Waals surface area contributed by atoms with Crippen molar-refractivity contribution in [2.24, 2.45) is 11.3 Å². The fourth-order valence-corrected chi connectivity index (χ4v) is 5.02. The number of hydrogen-bond acceptors (Lipinski definition) is 4. The molecule has 3 aliphatic heterocycles. The molecule has 1 spiro atoms. The van der Waals surface area contributed by atoms with Gasteiger partial charge in [0.25, 0.3) is 0 Å². The number of fused-ring (bicyclic) bond motifs is 1. The highest BCUT2D eigenvalue weighted by Crippen LogP contribution is 2.78. The van der Waals surface area contributed by atoms with Crippen molar-refractivity contribution in [2.45, 2.75) is 68.7 Å². The summed E-state index contributed by atoms with van der Waals surface area (Å²) in [6.45, 7) is 1.85. The third kappa shape index (κ3) is 1.02. The van der Waals surface area contributed by atoms with Gasteiger partial charge in [-0.2, -0.15) is 0 Å². The maximum Gasteiger partial charge on any atom is 0.312 e. The quantitative estimate of drug-likeness (QED) is 0.762. The van der Waals surface area contributed by atoms with Crippen LogP contribution in [0.25, 0.3) is 0 Å². The number of carboxylic acid groups (broad SMARTS) is 1. The van der Waals surface area contributed by atoms with E-state index < -0.39 is 22.8 Å². The van der Waals surface area contributed by atoms with E-state index in [9.17, 15) is 9.90 Å². The van der Waals surface area contributed by atoms with E-state index in [4.69, 9.17) is 14.2 Å². The zero-order chi connectivity index (χ0) is 13.0. The molecule has 5 rings (SSSR count). The van der Waals surface area contributed by atoms with Crippen molar-refractivity contribution in [3.8, 4) is 0 Å². The van der Waals surface area contributed by atoms with Gasteiger partial charge in [-0.3, -0.25) is 4.79 Å². The van der Waals surface area contributed by atoms with Gasteiger partial charge in [0, 0.05) is 0 Å². The average molecular weight is 266 g/mol. The second kappa shape index (κ2) is 2.85. The van der Waals surface area contributed by atoms with Crippen LogP contribution in [0.2, 0.25) is 0 Å². The molecule has 0 aromatic carbocycles. The molecule has 5 heteroatoms. The standard InChI is InChI=1S/C14H18O5/c1-12(11(15)16)5-4-10-14(18-10)13(12,19-14)7-2-3-8-9(6-7)17-8/h7-10H,2-6H2,1H3,(H,15,16). The number of carboxylic acids is 1. The molecule has 0 bridgehead atoms. The number of aliphatic carboxylic acids is 1. The van der Waals surface area contributed by atoms with Gasteiger partial charge < -0.3 is 19.3 Å². The van der Waals surface area contributed by atoms with Gasteiger partial charge in [-0.1, -0.05) is 0 Å². The highest BCUT2D eigenvalue weighted by atomic mass is 16.9. The molecule has 0 aromatic heterocycles. The first-order valence-electron chi connectivity index (χ1n) is 7.30. The zero-order valence-electron chi connectivity index (χ0n) is 10.9. The van der Waals surface area contributed by atoms with Gasteiger partial charge in [0.05, 0.1) is 17.6 Å². The number of carbonyl (C=O) groups is 1. The lowest BCUT2D eigenvalue weighted by Crippen LogP contribution is -2.53. The fourth-order valence-electron chi connectivity index (χ4n) is 5.02. The first-order valence-corrected chi connectivity index (χ1v) is 7.30. The van der Waals surface area contributed by atoms with Crippen molar-refractivity contribution >= 4 is 5.97 Å². The summed E-state index contributed by atoms with van der Waals surface area (Å²) in [6.07, 6.45) is 5.34. The molecule has 104 valence electrons. The Morgan fingerprint density at radius 1 is 1.26 bits per heavy atom. The molecular weight excluding hydrogens is 248 g/mol. The predicted molar refractivity (Wildman–Crippen MR) is 62.4 cm³/mol. The Labute approximate surface area is 111 Å². The van der Waals surface area contributed by atoms with Crippen LogP contribution in [0.4, 0.5) is 0 Å². The Kier molecular flexibility index (Phi) is 1.66. The summed E-state index contributed by atoms with van der Waals surface area (Å²) in [7, 11) is 0. The van der Waals surface area contributed by atoms with Gasteiger partial charge in [0.1, 0.15) is 11.7 Å². The lowest BCUT2D eigenvalue weighted by molar-refractivity contribution is -0.155. The molecule has 0 amide bonds. The minimum Gasteiger partial charge on any atom is -0.481 e. The van der Waals surface area contributed by atoms with Crippen LogP contribution in [-0.4, -0.2) is 40.8 Å². The SMILES string of the molecule is CC1(C(=O)O)CCC2OC23OC13C1CCC2OC2C1. The molecule has 7 unspecified atom stereocenters. The van der Waals surface area contributed by atoms with Gasteiger partial charge >= 0.3 is 5.97 Å². The zero-order valence-corrected chi connectivity index (χ0v) is 10.9. The van der Waals surface area contributed by atoms with Crippen LogP contribution in [0.15, 0.2) is 0 Å². The highest BCUT2D eigenvalue weighted by Gasteiger charge is 2.95. The summed E-state index contributed by atoms with van der Waals surface area (Å²) >= 11 is 0. The van der Waals surface area contributed by atoms with E-state index in [1.54, 1.807) is 0 Å². The minimum atomic E-state index is -0.813. The second-order valence-corrected chi connectivity index (χ2v) is 7.01. The molecular formula is C14H18O5. The van der Waals surface area contributed by atoms with E-state index >= 15 is 0 Å². The van der Waals surface area contributed by atoms with Crippen LogP contribution in [0.3, 0.4) is 0 Å². The van der Waals surface area contributed by atoms with Crippen LogP contribution in [0.5, 0.6) is 0 Å². The summed E-state index contributed by atoms with van der Waals surface area (Å²) in [5.74, 6) is -1.02. The van der Waals surface area contributed by atoms with Gasteiger partial charge in [-0.15, -0.1) is 0 Å². The van der Waals surface area contributed by atoms with Gasteiger partial charge in [0.15, 0.2) is 0 Å². The summed E-state index contributed by atoms with van der Waals surface area (Å²) in [4.78, 5) is 11.8. The molecule has 0 radical (unpaired) electrons. The molecule has 2 aliphatic carbocycles. The van der Waals surface area contributed by atoms with E-state index in [-0.39, 0.29) is 12.0 Å². The van der Waals surface area contributed by atoms with Crippen molar-refractivity contribution in [2.75, 3.05) is 0 Å². The van der Waals surface area contributed by atoms with Crippen LogP contribution in [-0.2, 0) is 19.0 Å². The molecule has 19 heavy (non-hydrogen) atoms. The van der Waals surface area contributed by atoms with E-state index in [1.165, 1.54) is 0 Å². The molecule has 0 aromatic rings. The third-order valence-electron chi connectivity index (χ3n) is 6.25. The summed E-state index contributed by atoms with van der Waals surface area (Å²) in [5, 5.41) is 9.73. The lowest BCUT2D eigenvalue weighted by Gasteiger charge is -2.39. The molecule has 5 nitrogen and oxygen atoms in total. The maximum atomic E-state index is 11.8. The Bertz CT molecular complexity index is 492. The molecule has 5 aliphatic rings. The van der Waals surface area contributed by atoms with E-state index in [1.807, 2.05) is 6.92 Å². The second-order valence-electron chi connectivity index (χ2n) is 7.01. The normalized spacial score (nSPS) is 64.5. The molecule has 2 saturated carbocycles. The number of hydrogen-bond donors (Lipinski definition) is 1. The minimum absolute atomic E-state index is 0.137. The molecule has 1 N–H and O–H groups in total. The van der Waals surface area contributed by atoms with E-state index in [2.05, 4.69) is 0 Å². The number of ether oxygens (including phenoxy) is 3. The monoisotopic (exact) mass is 266 g/mol. The Morgan fingerprint density at radius 2 is 2.11 bits per heavy atom. The summed E-state index contributed by atoms with van der Waals surface area (Å²) < 4.78 is 17.4. The Balaban J connectivity index is 1.55. The maximum absolute atomic E-state index is 11.8. The van der Waals surface area contributed by atoms with Crippen LogP contribution < -0.4 is 0 Å². The molecule has 3 saturated heterocycles. The summed E-state index contributed by atoms with van der Waals surface area (Å²) in [5.41, 5.74) is -1.40. The fraction of sp³-hybridized carbons (Fsp3) is 0.929. The van der Waals surface area contributed by atoms with Crippen molar-refractivity contribution in [1.82, 2.24) is 0 Å². The van der Waals surface area contributed by atoms with Crippen molar-refractivity contribution in [3.05, 3.63) is 0 Å². The van der Waals surface area contributed by atoms with Crippen molar-refractivity contribution in [1.29, 1.82) is 0 Å².